The molecule has 0 unspecified atom stereocenters. The minimum atomic E-state index is 1.04. The van der Waals surface area contributed by atoms with Crippen molar-refractivity contribution in [1.29, 1.82) is 0 Å². The second-order valence-corrected chi connectivity index (χ2v) is 3.80. The molecule has 1 radical (unpaired) electrons. The normalized spacial score (nSPS) is 11.8. The van der Waals surface area contributed by atoms with Gasteiger partial charge < -0.3 is 0 Å². The summed E-state index contributed by atoms with van der Waals surface area (Å²) in [5, 5.41) is 4.69. The van der Waals surface area contributed by atoms with E-state index in [1.807, 2.05) is 6.07 Å². The van der Waals surface area contributed by atoms with Crippen LogP contribution in [0.15, 0.2) is 42.5 Å². The molecule has 0 amide bonds. The fourth-order valence-electron chi connectivity index (χ4n) is 2.15. The largest absolute Gasteiger partial charge is 0.247 e. The quantitative estimate of drug-likeness (QED) is 0.559. The topological polar surface area (TPSA) is 14.1 Å². The molecule has 0 saturated carbocycles. The second-order valence-electron chi connectivity index (χ2n) is 3.80. The van der Waals surface area contributed by atoms with Crippen LogP contribution in [-0.4, -0.2) is 0 Å². The highest BCUT2D eigenvalue weighted by molar-refractivity contribution is 5.91. The molecule has 73 valence electrons. The molecule has 0 fully saturated rings. The summed E-state index contributed by atoms with van der Waals surface area (Å²) in [5.74, 6) is 0. The summed E-state index contributed by atoms with van der Waals surface area (Å²) >= 11 is 0. The van der Waals surface area contributed by atoms with Gasteiger partial charge in [-0.1, -0.05) is 43.3 Å². The Hall–Kier alpha value is -1.76. The maximum Gasteiger partial charge on any atom is 0.0748 e. The molecule has 15 heavy (non-hydrogen) atoms. The average Bonchev–Trinajstić information content (AvgIpc) is 2.67. The summed E-state index contributed by atoms with van der Waals surface area (Å²) in [6.45, 7) is 2.17. The van der Waals surface area contributed by atoms with Gasteiger partial charge in [-0.05, 0) is 18.1 Å². The number of para-hydroxylation sites is 2. The summed E-state index contributed by atoms with van der Waals surface area (Å²) in [6, 6.07) is 14.8. The summed E-state index contributed by atoms with van der Waals surface area (Å²) < 4.78 is 0. The maximum atomic E-state index is 4.69. The summed E-state index contributed by atoms with van der Waals surface area (Å²) in [5.41, 5.74) is 6.16. The molecular formula is C14H12N. The standard InChI is InChI=1S/C14H12N/c1-2-10-6-5-8-12-11-7-3-4-9-13(11)15-14(10)12/h3-9H,2H2,1H3. The molecule has 0 saturated heterocycles. The van der Waals surface area contributed by atoms with E-state index in [2.05, 4.69) is 48.6 Å². The van der Waals surface area contributed by atoms with Crippen LogP contribution in [0.3, 0.4) is 0 Å². The molecule has 0 aliphatic carbocycles. The van der Waals surface area contributed by atoms with E-state index < -0.39 is 0 Å². The Kier molecular flexibility index (Phi) is 1.78. The highest BCUT2D eigenvalue weighted by Crippen LogP contribution is 2.44. The Bertz CT molecular complexity index is 514. The average molecular weight is 194 g/mol. The molecular weight excluding hydrogens is 182 g/mol. The van der Waals surface area contributed by atoms with Gasteiger partial charge in [-0.2, -0.15) is 0 Å². The van der Waals surface area contributed by atoms with Gasteiger partial charge >= 0.3 is 0 Å². The van der Waals surface area contributed by atoms with Crippen molar-refractivity contribution in [3.8, 4) is 11.1 Å². The van der Waals surface area contributed by atoms with E-state index in [-0.39, 0.29) is 0 Å². The third kappa shape index (κ3) is 1.16. The first-order valence-corrected chi connectivity index (χ1v) is 5.33. The van der Waals surface area contributed by atoms with Crippen molar-refractivity contribution in [2.24, 2.45) is 0 Å². The number of benzene rings is 2. The van der Waals surface area contributed by atoms with E-state index in [9.17, 15) is 0 Å². The minimum Gasteiger partial charge on any atom is -0.247 e. The first-order chi connectivity index (χ1) is 7.40. The third-order valence-electron chi connectivity index (χ3n) is 2.93. The van der Waals surface area contributed by atoms with Crippen LogP contribution in [0.4, 0.5) is 11.4 Å². The van der Waals surface area contributed by atoms with Crippen molar-refractivity contribution in [1.82, 2.24) is 5.32 Å². The number of hydrogen-bond acceptors (Lipinski definition) is 0. The Labute approximate surface area is 89.8 Å². The van der Waals surface area contributed by atoms with E-state index >= 15 is 0 Å². The van der Waals surface area contributed by atoms with Gasteiger partial charge in [-0.25, -0.2) is 5.32 Å². The lowest BCUT2D eigenvalue weighted by Gasteiger charge is -2.03. The van der Waals surface area contributed by atoms with E-state index in [0.29, 0.717) is 0 Å². The number of nitrogens with zero attached hydrogens (tertiary/aromatic N) is 1. The zero-order valence-corrected chi connectivity index (χ0v) is 8.70. The van der Waals surface area contributed by atoms with E-state index in [1.54, 1.807) is 0 Å². The van der Waals surface area contributed by atoms with Crippen LogP contribution in [0, 0.1) is 0 Å². The van der Waals surface area contributed by atoms with Gasteiger partial charge in [0, 0.05) is 11.1 Å². The van der Waals surface area contributed by atoms with Crippen molar-refractivity contribution in [2.45, 2.75) is 13.3 Å². The second kappa shape index (κ2) is 3.13. The lowest BCUT2D eigenvalue weighted by atomic mass is 10.0. The first-order valence-electron chi connectivity index (χ1n) is 5.33. The fourth-order valence-corrected chi connectivity index (χ4v) is 2.15. The van der Waals surface area contributed by atoms with Gasteiger partial charge in [0.25, 0.3) is 0 Å². The van der Waals surface area contributed by atoms with Gasteiger partial charge in [0.05, 0.1) is 11.4 Å². The van der Waals surface area contributed by atoms with Gasteiger partial charge in [0.1, 0.15) is 0 Å². The first kappa shape index (κ1) is 8.54. The molecule has 1 nitrogen and oxygen atoms in total. The highest BCUT2D eigenvalue weighted by atomic mass is 14.9. The van der Waals surface area contributed by atoms with Crippen molar-refractivity contribution in [3.63, 3.8) is 0 Å². The van der Waals surface area contributed by atoms with Gasteiger partial charge in [-0.3, -0.25) is 0 Å². The number of fused-ring (bicyclic) bond motifs is 3. The van der Waals surface area contributed by atoms with Gasteiger partial charge in [0.15, 0.2) is 0 Å². The number of hydrogen-bond donors (Lipinski definition) is 0. The summed E-state index contributed by atoms with van der Waals surface area (Å²) in [6.07, 6.45) is 1.04. The molecule has 1 aliphatic heterocycles. The van der Waals surface area contributed by atoms with Crippen LogP contribution in [0.1, 0.15) is 12.5 Å². The fraction of sp³-hybridized carbons (Fsp3) is 0.143. The molecule has 3 rings (SSSR count). The Morgan fingerprint density at radius 2 is 1.73 bits per heavy atom. The molecule has 2 aromatic rings. The summed E-state index contributed by atoms with van der Waals surface area (Å²) in [4.78, 5) is 0. The lowest BCUT2D eigenvalue weighted by molar-refractivity contribution is 1.10. The number of aryl methyl sites for hydroxylation is 1. The third-order valence-corrected chi connectivity index (χ3v) is 2.93. The molecule has 0 aromatic heterocycles. The van der Waals surface area contributed by atoms with E-state index in [0.717, 1.165) is 12.1 Å². The van der Waals surface area contributed by atoms with Crippen LogP contribution in [0.5, 0.6) is 0 Å². The zero-order valence-electron chi connectivity index (χ0n) is 8.70. The van der Waals surface area contributed by atoms with Crippen LogP contribution in [0.25, 0.3) is 11.1 Å². The maximum absolute atomic E-state index is 4.69. The molecule has 1 aliphatic rings. The predicted octanol–water partition coefficient (Wildman–Crippen LogP) is 3.80. The molecule has 0 bridgehead atoms. The van der Waals surface area contributed by atoms with Crippen LogP contribution in [-0.2, 0) is 6.42 Å². The number of rotatable bonds is 1. The van der Waals surface area contributed by atoms with E-state index in [4.69, 9.17) is 0 Å². The zero-order chi connectivity index (χ0) is 10.3. The molecule has 0 spiro atoms. The SMILES string of the molecule is CCc1cccc2c1[N]c1ccccc1-2. The van der Waals surface area contributed by atoms with Crippen LogP contribution >= 0.6 is 0 Å². The highest BCUT2D eigenvalue weighted by Gasteiger charge is 2.20. The molecule has 0 atom stereocenters. The van der Waals surface area contributed by atoms with Crippen molar-refractivity contribution in [2.75, 3.05) is 0 Å². The Morgan fingerprint density at radius 1 is 0.933 bits per heavy atom. The van der Waals surface area contributed by atoms with E-state index in [1.165, 1.54) is 22.4 Å². The smallest absolute Gasteiger partial charge is 0.0748 e. The Morgan fingerprint density at radius 3 is 2.60 bits per heavy atom. The lowest BCUT2D eigenvalue weighted by Crippen LogP contribution is -1.88. The predicted molar refractivity (Wildman–Crippen MR) is 62.7 cm³/mol. The van der Waals surface area contributed by atoms with Crippen molar-refractivity contribution >= 4 is 11.4 Å². The van der Waals surface area contributed by atoms with Gasteiger partial charge in [0.2, 0.25) is 0 Å². The van der Waals surface area contributed by atoms with Crippen molar-refractivity contribution < 1.29 is 0 Å². The van der Waals surface area contributed by atoms with Crippen molar-refractivity contribution in [3.05, 3.63) is 48.0 Å². The monoisotopic (exact) mass is 194 g/mol. The molecule has 0 N–H and O–H groups in total. The summed E-state index contributed by atoms with van der Waals surface area (Å²) in [7, 11) is 0. The molecule has 1 heterocycles. The Balaban J connectivity index is 2.26. The minimum absolute atomic E-state index is 1.04. The van der Waals surface area contributed by atoms with Crippen LogP contribution in [0.2, 0.25) is 0 Å². The molecule has 2 aromatic carbocycles. The van der Waals surface area contributed by atoms with Gasteiger partial charge in [-0.15, -0.1) is 0 Å². The molecule has 1 heteroatoms. The van der Waals surface area contributed by atoms with Crippen LogP contribution < -0.4 is 5.32 Å².